The summed E-state index contributed by atoms with van der Waals surface area (Å²) < 4.78 is 0. The van der Waals surface area contributed by atoms with E-state index in [0.717, 1.165) is 22.1 Å². The first-order valence-electron chi connectivity index (χ1n) is 4.31. The Hall–Kier alpha value is -1.41. The number of halogens is 1. The van der Waals surface area contributed by atoms with Gasteiger partial charge >= 0.3 is 0 Å². The average molecular weight is 205 g/mol. The van der Waals surface area contributed by atoms with Gasteiger partial charge in [-0.15, -0.1) is 0 Å². The predicted octanol–water partition coefficient (Wildman–Crippen LogP) is 3.11. The lowest BCUT2D eigenvalue weighted by molar-refractivity contribution is 1.11. The Balaban J connectivity index is 2.44. The van der Waals surface area contributed by atoms with E-state index in [1.165, 1.54) is 0 Å². The second kappa shape index (κ2) is 3.76. The molecule has 0 aliphatic carbocycles. The molecule has 1 heterocycles. The lowest BCUT2D eigenvalue weighted by Gasteiger charge is -2.00. The van der Waals surface area contributed by atoms with Crippen molar-refractivity contribution in [2.45, 2.75) is 6.92 Å². The van der Waals surface area contributed by atoms with Crippen molar-refractivity contribution < 1.29 is 0 Å². The third-order valence-corrected chi connectivity index (χ3v) is 2.15. The lowest BCUT2D eigenvalue weighted by Crippen LogP contribution is -1.89. The maximum atomic E-state index is 5.79. The van der Waals surface area contributed by atoms with Gasteiger partial charge in [-0.1, -0.05) is 11.6 Å². The number of hydrogen-bond donors (Lipinski definition) is 0. The molecule has 3 heteroatoms. The van der Waals surface area contributed by atoms with Gasteiger partial charge in [-0.25, -0.2) is 9.97 Å². The minimum absolute atomic E-state index is 0.724. The van der Waals surface area contributed by atoms with Crippen LogP contribution >= 0.6 is 11.6 Å². The van der Waals surface area contributed by atoms with E-state index in [2.05, 4.69) is 9.97 Å². The molecule has 0 atom stereocenters. The van der Waals surface area contributed by atoms with Crippen LogP contribution in [0, 0.1) is 6.92 Å². The van der Waals surface area contributed by atoms with Gasteiger partial charge in [0, 0.05) is 22.5 Å². The van der Waals surface area contributed by atoms with E-state index in [4.69, 9.17) is 11.6 Å². The third-order valence-electron chi connectivity index (χ3n) is 1.90. The summed E-state index contributed by atoms with van der Waals surface area (Å²) in [7, 11) is 0. The van der Waals surface area contributed by atoms with Crippen molar-refractivity contribution in [3.8, 4) is 11.4 Å². The Labute approximate surface area is 87.6 Å². The van der Waals surface area contributed by atoms with Crippen LogP contribution in [0.3, 0.4) is 0 Å². The van der Waals surface area contributed by atoms with Gasteiger partial charge < -0.3 is 0 Å². The smallest absolute Gasteiger partial charge is 0.159 e. The zero-order valence-corrected chi connectivity index (χ0v) is 8.49. The molecule has 0 spiro atoms. The van der Waals surface area contributed by atoms with Crippen LogP contribution in [-0.2, 0) is 0 Å². The second-order valence-corrected chi connectivity index (χ2v) is 3.46. The first-order valence-corrected chi connectivity index (χ1v) is 4.69. The summed E-state index contributed by atoms with van der Waals surface area (Å²) in [4.78, 5) is 8.50. The molecule has 0 N–H and O–H groups in total. The van der Waals surface area contributed by atoms with Crippen molar-refractivity contribution in [3.63, 3.8) is 0 Å². The van der Waals surface area contributed by atoms with Gasteiger partial charge in [0.25, 0.3) is 0 Å². The van der Waals surface area contributed by atoms with Crippen molar-refractivity contribution in [3.05, 3.63) is 47.2 Å². The van der Waals surface area contributed by atoms with E-state index in [0.29, 0.717) is 0 Å². The summed E-state index contributed by atoms with van der Waals surface area (Å²) in [6.45, 7) is 1.95. The van der Waals surface area contributed by atoms with Crippen molar-refractivity contribution in [1.82, 2.24) is 9.97 Å². The summed E-state index contributed by atoms with van der Waals surface area (Å²) in [5, 5.41) is 0.724. The molecule has 0 unspecified atom stereocenters. The Morgan fingerprint density at radius 2 is 1.79 bits per heavy atom. The van der Waals surface area contributed by atoms with E-state index in [9.17, 15) is 0 Å². The summed E-state index contributed by atoms with van der Waals surface area (Å²) in [5.74, 6) is 0.738. The Kier molecular flexibility index (Phi) is 2.46. The lowest BCUT2D eigenvalue weighted by atomic mass is 10.2. The molecule has 0 radical (unpaired) electrons. The van der Waals surface area contributed by atoms with Crippen molar-refractivity contribution in [1.29, 1.82) is 0 Å². The van der Waals surface area contributed by atoms with E-state index in [-0.39, 0.29) is 0 Å². The molecule has 0 aliphatic heterocycles. The molecule has 0 amide bonds. The fourth-order valence-corrected chi connectivity index (χ4v) is 1.31. The standard InChI is InChI=1S/C11H9ClN2/c1-8-6-7-13-11(14-8)9-2-4-10(12)5-3-9/h2-7H,1H3. The van der Waals surface area contributed by atoms with E-state index in [1.807, 2.05) is 37.3 Å². The van der Waals surface area contributed by atoms with Crippen LogP contribution in [0.15, 0.2) is 36.5 Å². The van der Waals surface area contributed by atoms with Gasteiger partial charge in [0.05, 0.1) is 0 Å². The number of nitrogens with zero attached hydrogens (tertiary/aromatic N) is 2. The number of rotatable bonds is 1. The maximum Gasteiger partial charge on any atom is 0.159 e. The fraction of sp³-hybridized carbons (Fsp3) is 0.0909. The van der Waals surface area contributed by atoms with Crippen molar-refractivity contribution in [2.24, 2.45) is 0 Å². The van der Waals surface area contributed by atoms with Gasteiger partial charge in [-0.2, -0.15) is 0 Å². The Morgan fingerprint density at radius 1 is 1.07 bits per heavy atom. The number of benzene rings is 1. The van der Waals surface area contributed by atoms with Crippen LogP contribution in [0.4, 0.5) is 0 Å². The van der Waals surface area contributed by atoms with Crippen LogP contribution < -0.4 is 0 Å². The van der Waals surface area contributed by atoms with Crippen molar-refractivity contribution in [2.75, 3.05) is 0 Å². The first-order chi connectivity index (χ1) is 6.75. The molecule has 1 aromatic heterocycles. The summed E-state index contributed by atoms with van der Waals surface area (Å²) in [6, 6.07) is 9.37. The van der Waals surface area contributed by atoms with Gasteiger partial charge in [0.15, 0.2) is 5.82 Å². The molecular formula is C11H9ClN2. The number of hydrogen-bond acceptors (Lipinski definition) is 2. The van der Waals surface area contributed by atoms with Gasteiger partial charge in [0.2, 0.25) is 0 Å². The number of aromatic nitrogens is 2. The average Bonchev–Trinajstić information content (AvgIpc) is 2.19. The normalized spacial score (nSPS) is 10.1. The second-order valence-electron chi connectivity index (χ2n) is 3.03. The van der Waals surface area contributed by atoms with Crippen LogP contribution in [-0.4, -0.2) is 9.97 Å². The van der Waals surface area contributed by atoms with Gasteiger partial charge in [-0.3, -0.25) is 0 Å². The zero-order valence-electron chi connectivity index (χ0n) is 7.74. The van der Waals surface area contributed by atoms with Gasteiger partial charge in [0.1, 0.15) is 0 Å². The SMILES string of the molecule is Cc1ccnc(-c2ccc(Cl)cc2)n1. The topological polar surface area (TPSA) is 25.8 Å². The maximum absolute atomic E-state index is 5.79. The molecule has 0 saturated carbocycles. The zero-order chi connectivity index (χ0) is 9.97. The highest BCUT2D eigenvalue weighted by molar-refractivity contribution is 6.30. The first kappa shape index (κ1) is 9.16. The minimum Gasteiger partial charge on any atom is -0.237 e. The molecule has 0 fully saturated rings. The highest BCUT2D eigenvalue weighted by atomic mass is 35.5. The van der Waals surface area contributed by atoms with Crippen molar-refractivity contribution >= 4 is 11.6 Å². The molecule has 70 valence electrons. The Morgan fingerprint density at radius 3 is 2.43 bits per heavy atom. The largest absolute Gasteiger partial charge is 0.237 e. The summed E-state index contributed by atoms with van der Waals surface area (Å²) in [6.07, 6.45) is 1.76. The minimum atomic E-state index is 0.724. The predicted molar refractivity (Wildman–Crippen MR) is 57.2 cm³/mol. The quantitative estimate of drug-likeness (QED) is 0.714. The highest BCUT2D eigenvalue weighted by Gasteiger charge is 1.99. The summed E-state index contributed by atoms with van der Waals surface area (Å²) >= 11 is 5.79. The molecule has 2 nitrogen and oxygen atoms in total. The molecule has 0 aliphatic rings. The fourth-order valence-electron chi connectivity index (χ4n) is 1.19. The van der Waals surface area contributed by atoms with Crippen LogP contribution in [0.25, 0.3) is 11.4 Å². The molecule has 1 aromatic carbocycles. The third kappa shape index (κ3) is 1.91. The van der Waals surface area contributed by atoms with E-state index in [1.54, 1.807) is 6.20 Å². The van der Waals surface area contributed by atoms with Crippen LogP contribution in [0.1, 0.15) is 5.69 Å². The van der Waals surface area contributed by atoms with Gasteiger partial charge in [-0.05, 0) is 37.3 Å². The molecular weight excluding hydrogens is 196 g/mol. The monoisotopic (exact) mass is 204 g/mol. The molecule has 14 heavy (non-hydrogen) atoms. The molecule has 2 aromatic rings. The van der Waals surface area contributed by atoms with Crippen LogP contribution in [0.5, 0.6) is 0 Å². The van der Waals surface area contributed by atoms with E-state index < -0.39 is 0 Å². The number of aryl methyl sites for hydroxylation is 1. The highest BCUT2D eigenvalue weighted by Crippen LogP contribution is 2.17. The summed E-state index contributed by atoms with van der Waals surface area (Å²) in [5.41, 5.74) is 1.95. The molecule has 0 bridgehead atoms. The molecule has 2 rings (SSSR count). The van der Waals surface area contributed by atoms with Crippen LogP contribution in [0.2, 0.25) is 5.02 Å². The molecule has 0 saturated heterocycles. The van der Waals surface area contributed by atoms with E-state index >= 15 is 0 Å². The Bertz CT molecular complexity index is 437.